The Bertz CT molecular complexity index is 1240. The summed E-state index contributed by atoms with van der Waals surface area (Å²) in [7, 11) is 0. The van der Waals surface area contributed by atoms with Gasteiger partial charge in [-0.1, -0.05) is 42.5 Å². The Morgan fingerprint density at radius 1 is 0.970 bits per heavy atom. The fraction of sp³-hybridized carbons (Fsp3) is 0.192. The summed E-state index contributed by atoms with van der Waals surface area (Å²) in [6.07, 6.45) is -0.0735. The van der Waals surface area contributed by atoms with Crippen molar-refractivity contribution in [3.63, 3.8) is 0 Å². The minimum absolute atomic E-state index is 0.0735. The third-order valence-electron chi connectivity index (χ3n) is 5.94. The van der Waals surface area contributed by atoms with Crippen LogP contribution in [0.15, 0.2) is 72.8 Å². The predicted octanol–water partition coefficient (Wildman–Crippen LogP) is 3.70. The van der Waals surface area contributed by atoms with E-state index in [0.29, 0.717) is 22.7 Å². The van der Waals surface area contributed by atoms with Crippen LogP contribution in [-0.2, 0) is 16.1 Å². The summed E-state index contributed by atoms with van der Waals surface area (Å²) >= 11 is 0. The van der Waals surface area contributed by atoms with Crippen molar-refractivity contribution in [2.45, 2.75) is 25.9 Å². The maximum atomic E-state index is 13.7. The molecular weight excluding hydrogens is 420 g/mol. The van der Waals surface area contributed by atoms with Crippen LogP contribution in [0.3, 0.4) is 0 Å². The summed E-state index contributed by atoms with van der Waals surface area (Å²) in [4.78, 5) is 42.6. The first-order chi connectivity index (χ1) is 16.0. The van der Waals surface area contributed by atoms with Crippen LogP contribution in [0.2, 0.25) is 0 Å². The van der Waals surface area contributed by atoms with E-state index in [1.54, 1.807) is 48.5 Å². The summed E-state index contributed by atoms with van der Waals surface area (Å²) in [6, 6.07) is 20.5. The molecule has 3 amide bonds. The van der Waals surface area contributed by atoms with Gasteiger partial charge >= 0.3 is 0 Å². The van der Waals surface area contributed by atoms with Gasteiger partial charge in [0, 0.05) is 12.1 Å². The standard InChI is InChI=1S/C26H22N2O5/c1-17-7-5-6-10-20(17)25(30)27(15-18-11-12-22-23(13-18)33-16-32-22)21-14-24(29)28(26(21)31)19-8-3-2-4-9-19/h2-13,21H,14-16H2,1H3. The smallest absolute Gasteiger partial charge is 0.257 e. The lowest BCUT2D eigenvalue weighted by molar-refractivity contribution is -0.122. The van der Waals surface area contributed by atoms with Gasteiger partial charge in [-0.25, -0.2) is 4.90 Å². The molecule has 33 heavy (non-hydrogen) atoms. The molecule has 0 N–H and O–H groups in total. The molecule has 166 valence electrons. The van der Waals surface area contributed by atoms with Gasteiger partial charge in [0.15, 0.2) is 11.5 Å². The van der Waals surface area contributed by atoms with Crippen molar-refractivity contribution in [3.05, 3.63) is 89.5 Å². The lowest BCUT2D eigenvalue weighted by Gasteiger charge is -2.28. The summed E-state index contributed by atoms with van der Waals surface area (Å²) in [5, 5.41) is 0. The molecule has 1 unspecified atom stereocenters. The number of ether oxygens (including phenoxy) is 2. The number of imide groups is 1. The van der Waals surface area contributed by atoms with Crippen molar-refractivity contribution in [1.29, 1.82) is 0 Å². The molecule has 0 aromatic heterocycles. The number of hydrogen-bond donors (Lipinski definition) is 0. The van der Waals surface area contributed by atoms with Gasteiger partial charge in [0.25, 0.3) is 11.8 Å². The van der Waals surface area contributed by atoms with Gasteiger partial charge in [-0.05, 0) is 48.4 Å². The molecule has 0 radical (unpaired) electrons. The zero-order valence-electron chi connectivity index (χ0n) is 18.1. The Kier molecular flexibility index (Phi) is 5.30. The minimum Gasteiger partial charge on any atom is -0.454 e. The Hall–Kier alpha value is -4.13. The molecule has 0 bridgehead atoms. The highest BCUT2D eigenvalue weighted by Crippen LogP contribution is 2.34. The maximum Gasteiger partial charge on any atom is 0.257 e. The number of carbonyl (C=O) groups excluding carboxylic acids is 3. The molecule has 0 spiro atoms. The van der Waals surface area contributed by atoms with Gasteiger partial charge in [0.05, 0.1) is 12.1 Å². The summed E-state index contributed by atoms with van der Waals surface area (Å²) in [5.41, 5.74) is 2.58. The molecule has 2 aliphatic heterocycles. The fourth-order valence-corrected chi connectivity index (χ4v) is 4.23. The molecule has 3 aromatic rings. The quantitative estimate of drug-likeness (QED) is 0.563. The number of hydrogen-bond acceptors (Lipinski definition) is 5. The number of para-hydroxylation sites is 1. The monoisotopic (exact) mass is 442 g/mol. The van der Waals surface area contributed by atoms with Gasteiger partial charge in [0.2, 0.25) is 12.7 Å². The minimum atomic E-state index is -0.907. The maximum absolute atomic E-state index is 13.7. The molecule has 2 aliphatic rings. The van der Waals surface area contributed by atoms with E-state index in [2.05, 4.69) is 0 Å². The molecule has 0 saturated carbocycles. The average Bonchev–Trinajstić information content (AvgIpc) is 3.41. The lowest BCUT2D eigenvalue weighted by Crippen LogP contribution is -2.45. The third-order valence-corrected chi connectivity index (χ3v) is 5.94. The van der Waals surface area contributed by atoms with Gasteiger partial charge in [-0.3, -0.25) is 14.4 Å². The molecule has 1 atom stereocenters. The van der Waals surface area contributed by atoms with Crippen LogP contribution in [0.1, 0.15) is 27.9 Å². The number of anilines is 1. The van der Waals surface area contributed by atoms with Gasteiger partial charge < -0.3 is 14.4 Å². The summed E-state index contributed by atoms with van der Waals surface area (Å²) in [6.45, 7) is 2.15. The molecule has 1 fully saturated rings. The van der Waals surface area contributed by atoms with Crippen molar-refractivity contribution in [1.82, 2.24) is 4.90 Å². The summed E-state index contributed by atoms with van der Waals surface area (Å²) < 4.78 is 10.8. The second kappa shape index (κ2) is 8.43. The molecular formula is C26H22N2O5. The Labute approximate surface area is 191 Å². The number of amides is 3. The Morgan fingerprint density at radius 2 is 1.70 bits per heavy atom. The van der Waals surface area contributed by atoms with E-state index in [1.165, 1.54) is 9.80 Å². The SMILES string of the molecule is Cc1ccccc1C(=O)N(Cc1ccc2c(c1)OCO2)C1CC(=O)N(c2ccccc2)C1=O. The van der Waals surface area contributed by atoms with E-state index in [-0.39, 0.29) is 31.6 Å². The highest BCUT2D eigenvalue weighted by atomic mass is 16.7. The normalized spacial score (nSPS) is 16.9. The van der Waals surface area contributed by atoms with E-state index in [1.807, 2.05) is 31.2 Å². The van der Waals surface area contributed by atoms with Crippen LogP contribution < -0.4 is 14.4 Å². The van der Waals surface area contributed by atoms with Crippen molar-refractivity contribution < 1.29 is 23.9 Å². The zero-order valence-corrected chi connectivity index (χ0v) is 18.1. The van der Waals surface area contributed by atoms with Crippen LogP contribution >= 0.6 is 0 Å². The van der Waals surface area contributed by atoms with E-state index < -0.39 is 11.9 Å². The average molecular weight is 442 g/mol. The molecule has 1 saturated heterocycles. The lowest BCUT2D eigenvalue weighted by atomic mass is 10.0. The van der Waals surface area contributed by atoms with E-state index in [9.17, 15) is 14.4 Å². The number of carbonyl (C=O) groups is 3. The second-order valence-electron chi connectivity index (χ2n) is 8.06. The molecule has 3 aromatic carbocycles. The first-order valence-electron chi connectivity index (χ1n) is 10.7. The highest BCUT2D eigenvalue weighted by molar-refractivity contribution is 6.23. The predicted molar refractivity (Wildman–Crippen MR) is 121 cm³/mol. The highest BCUT2D eigenvalue weighted by Gasteiger charge is 2.44. The van der Waals surface area contributed by atoms with E-state index in [4.69, 9.17) is 9.47 Å². The number of benzene rings is 3. The summed E-state index contributed by atoms with van der Waals surface area (Å²) in [5.74, 6) is 0.193. The van der Waals surface area contributed by atoms with Crippen LogP contribution in [0.25, 0.3) is 0 Å². The largest absolute Gasteiger partial charge is 0.454 e. The molecule has 0 aliphatic carbocycles. The molecule has 7 nitrogen and oxygen atoms in total. The molecule has 7 heteroatoms. The molecule has 2 heterocycles. The van der Waals surface area contributed by atoms with Crippen molar-refractivity contribution in [3.8, 4) is 11.5 Å². The number of rotatable bonds is 5. The number of nitrogens with zero attached hydrogens (tertiary/aromatic N) is 2. The van der Waals surface area contributed by atoms with Crippen molar-refractivity contribution in [2.75, 3.05) is 11.7 Å². The first kappa shape index (κ1) is 20.8. The topological polar surface area (TPSA) is 76.2 Å². The molecule has 5 rings (SSSR count). The fourth-order valence-electron chi connectivity index (χ4n) is 4.23. The van der Waals surface area contributed by atoms with Crippen molar-refractivity contribution in [2.24, 2.45) is 0 Å². The van der Waals surface area contributed by atoms with Gasteiger partial charge in [-0.2, -0.15) is 0 Å². The Morgan fingerprint density at radius 3 is 2.48 bits per heavy atom. The van der Waals surface area contributed by atoms with Crippen molar-refractivity contribution >= 4 is 23.4 Å². The first-order valence-corrected chi connectivity index (χ1v) is 10.7. The number of aryl methyl sites for hydroxylation is 1. The van der Waals surface area contributed by atoms with Crippen LogP contribution in [0.4, 0.5) is 5.69 Å². The number of fused-ring (bicyclic) bond motifs is 1. The Balaban J connectivity index is 1.51. The van der Waals surface area contributed by atoms with E-state index >= 15 is 0 Å². The van der Waals surface area contributed by atoms with Gasteiger partial charge in [0.1, 0.15) is 6.04 Å². The van der Waals surface area contributed by atoms with Gasteiger partial charge in [-0.15, -0.1) is 0 Å². The van der Waals surface area contributed by atoms with E-state index in [0.717, 1.165) is 11.1 Å². The zero-order chi connectivity index (χ0) is 22.9. The van der Waals surface area contributed by atoms with Crippen LogP contribution in [0, 0.1) is 6.92 Å². The van der Waals surface area contributed by atoms with Crippen LogP contribution in [0.5, 0.6) is 11.5 Å². The van der Waals surface area contributed by atoms with Crippen LogP contribution in [-0.4, -0.2) is 35.5 Å². The third kappa shape index (κ3) is 3.82. The second-order valence-corrected chi connectivity index (χ2v) is 8.06.